The second kappa shape index (κ2) is 6.04. The van der Waals surface area contributed by atoms with Gasteiger partial charge in [-0.1, -0.05) is 17.7 Å². The molecule has 0 fully saturated rings. The standard InChI is InChI=1S/C10H10N2O2S/c1-8(13)15-7-3-2-4-9-5-6-10(14)12-11-9/h5-6H,3,7H2,1H3,(H,12,14). The molecule has 4 nitrogen and oxygen atoms in total. The topological polar surface area (TPSA) is 62.8 Å². The molecule has 0 unspecified atom stereocenters. The van der Waals surface area contributed by atoms with Crippen LogP contribution in [-0.4, -0.2) is 21.1 Å². The number of aromatic nitrogens is 2. The Labute approximate surface area is 91.5 Å². The molecule has 1 N–H and O–H groups in total. The number of nitrogens with zero attached hydrogens (tertiary/aromatic N) is 1. The molecule has 0 aliphatic rings. The van der Waals surface area contributed by atoms with Gasteiger partial charge in [0.25, 0.3) is 5.56 Å². The lowest BCUT2D eigenvalue weighted by Gasteiger charge is -1.89. The van der Waals surface area contributed by atoms with Crippen molar-refractivity contribution >= 4 is 16.9 Å². The molecule has 78 valence electrons. The smallest absolute Gasteiger partial charge is 0.264 e. The van der Waals surface area contributed by atoms with Gasteiger partial charge in [0.05, 0.1) is 0 Å². The lowest BCUT2D eigenvalue weighted by molar-refractivity contribution is -0.109. The fraction of sp³-hybridized carbons (Fsp3) is 0.300. The van der Waals surface area contributed by atoms with Crippen LogP contribution in [0.25, 0.3) is 0 Å². The highest BCUT2D eigenvalue weighted by molar-refractivity contribution is 8.13. The number of thioether (sulfide) groups is 1. The molecule has 5 heteroatoms. The van der Waals surface area contributed by atoms with Gasteiger partial charge in [-0.25, -0.2) is 5.10 Å². The first-order chi connectivity index (χ1) is 7.18. The van der Waals surface area contributed by atoms with E-state index in [1.165, 1.54) is 24.8 Å². The summed E-state index contributed by atoms with van der Waals surface area (Å²) in [5.41, 5.74) is 0.287. The molecule has 0 atom stereocenters. The van der Waals surface area contributed by atoms with Gasteiger partial charge in [-0.3, -0.25) is 9.59 Å². The van der Waals surface area contributed by atoms with Gasteiger partial charge in [0.15, 0.2) is 5.12 Å². The van der Waals surface area contributed by atoms with Crippen LogP contribution in [-0.2, 0) is 4.79 Å². The largest absolute Gasteiger partial charge is 0.288 e. The van der Waals surface area contributed by atoms with Crippen molar-refractivity contribution in [1.82, 2.24) is 10.2 Å². The third-order valence-electron chi connectivity index (χ3n) is 1.43. The predicted molar refractivity (Wildman–Crippen MR) is 59.5 cm³/mol. The third kappa shape index (κ3) is 5.03. The second-order valence-electron chi connectivity index (χ2n) is 2.70. The zero-order valence-electron chi connectivity index (χ0n) is 8.24. The van der Waals surface area contributed by atoms with Gasteiger partial charge in [0, 0.05) is 25.2 Å². The van der Waals surface area contributed by atoms with Crippen molar-refractivity contribution in [2.75, 3.05) is 5.75 Å². The average Bonchev–Trinajstić information content (AvgIpc) is 2.20. The van der Waals surface area contributed by atoms with Gasteiger partial charge < -0.3 is 0 Å². The molecule has 0 aliphatic heterocycles. The molecule has 0 radical (unpaired) electrons. The van der Waals surface area contributed by atoms with Crippen molar-refractivity contribution in [3.05, 3.63) is 28.2 Å². The Balaban J connectivity index is 2.41. The maximum Gasteiger partial charge on any atom is 0.264 e. The van der Waals surface area contributed by atoms with E-state index in [0.717, 1.165) is 0 Å². The average molecular weight is 222 g/mol. The van der Waals surface area contributed by atoms with E-state index < -0.39 is 0 Å². The van der Waals surface area contributed by atoms with Gasteiger partial charge in [0.1, 0.15) is 5.69 Å². The maximum absolute atomic E-state index is 10.7. The van der Waals surface area contributed by atoms with Gasteiger partial charge in [-0.2, -0.15) is 5.10 Å². The van der Waals surface area contributed by atoms with Crippen molar-refractivity contribution < 1.29 is 4.79 Å². The van der Waals surface area contributed by atoms with Crippen LogP contribution in [0.1, 0.15) is 19.0 Å². The molecule has 0 saturated carbocycles. The van der Waals surface area contributed by atoms with E-state index >= 15 is 0 Å². The predicted octanol–water partition coefficient (Wildman–Crippen LogP) is 0.791. The summed E-state index contributed by atoms with van der Waals surface area (Å²) in [6.45, 7) is 1.53. The van der Waals surface area contributed by atoms with Crippen molar-refractivity contribution in [3.8, 4) is 11.8 Å². The Hall–Kier alpha value is -1.54. The number of hydrogen-bond acceptors (Lipinski definition) is 4. The normalized spacial score (nSPS) is 9.13. The summed E-state index contributed by atoms with van der Waals surface area (Å²) < 4.78 is 0. The Morgan fingerprint density at radius 3 is 3.00 bits per heavy atom. The summed E-state index contributed by atoms with van der Waals surface area (Å²) in [6.07, 6.45) is 0.630. The summed E-state index contributed by atoms with van der Waals surface area (Å²) in [5.74, 6) is 6.34. The number of hydrogen-bond donors (Lipinski definition) is 1. The summed E-state index contributed by atoms with van der Waals surface area (Å²) in [7, 11) is 0. The van der Waals surface area contributed by atoms with Gasteiger partial charge in [0.2, 0.25) is 0 Å². The van der Waals surface area contributed by atoms with Gasteiger partial charge in [-0.15, -0.1) is 0 Å². The SMILES string of the molecule is CC(=O)SCCC#Cc1ccc(=O)[nH]n1. The molecule has 0 spiro atoms. The lowest BCUT2D eigenvalue weighted by Crippen LogP contribution is -2.05. The van der Waals surface area contributed by atoms with Crippen LogP contribution < -0.4 is 5.56 Å². The van der Waals surface area contributed by atoms with Crippen molar-refractivity contribution in [2.45, 2.75) is 13.3 Å². The highest BCUT2D eigenvalue weighted by Gasteiger charge is 1.91. The van der Waals surface area contributed by atoms with E-state index in [-0.39, 0.29) is 10.7 Å². The summed E-state index contributed by atoms with van der Waals surface area (Å²) in [6, 6.07) is 2.94. The van der Waals surface area contributed by atoms with E-state index in [1.807, 2.05) is 0 Å². The Morgan fingerprint density at radius 1 is 1.60 bits per heavy atom. The third-order valence-corrected chi connectivity index (χ3v) is 2.24. The number of carbonyl (C=O) groups excluding carboxylic acids is 1. The number of nitrogens with one attached hydrogen (secondary N) is 1. The number of aromatic amines is 1. The van der Waals surface area contributed by atoms with E-state index in [0.29, 0.717) is 17.9 Å². The number of H-pyrrole nitrogens is 1. The van der Waals surface area contributed by atoms with E-state index in [1.54, 1.807) is 6.07 Å². The van der Waals surface area contributed by atoms with E-state index in [4.69, 9.17) is 0 Å². The highest BCUT2D eigenvalue weighted by atomic mass is 32.2. The fourth-order valence-corrected chi connectivity index (χ4v) is 1.30. The summed E-state index contributed by atoms with van der Waals surface area (Å²) >= 11 is 1.25. The van der Waals surface area contributed by atoms with E-state index in [9.17, 15) is 9.59 Å². The zero-order valence-corrected chi connectivity index (χ0v) is 9.06. The molecule has 1 aromatic rings. The van der Waals surface area contributed by atoms with Crippen LogP contribution in [0.2, 0.25) is 0 Å². The van der Waals surface area contributed by atoms with Crippen LogP contribution >= 0.6 is 11.8 Å². The maximum atomic E-state index is 10.7. The van der Waals surface area contributed by atoms with Crippen LogP contribution in [0.4, 0.5) is 0 Å². The first-order valence-electron chi connectivity index (χ1n) is 4.36. The Bertz CT molecular complexity index is 436. The summed E-state index contributed by atoms with van der Waals surface area (Å²) in [5, 5.41) is 6.11. The first kappa shape index (κ1) is 11.5. The number of carbonyl (C=O) groups is 1. The van der Waals surface area contributed by atoms with Gasteiger partial charge >= 0.3 is 0 Å². The van der Waals surface area contributed by atoms with Crippen LogP contribution in [0.5, 0.6) is 0 Å². The Kier molecular flexibility index (Phi) is 4.64. The monoisotopic (exact) mass is 222 g/mol. The van der Waals surface area contributed by atoms with Crippen molar-refractivity contribution in [1.29, 1.82) is 0 Å². The van der Waals surface area contributed by atoms with Crippen molar-refractivity contribution in [2.24, 2.45) is 0 Å². The molecular weight excluding hydrogens is 212 g/mol. The molecule has 0 saturated heterocycles. The number of rotatable bonds is 2. The van der Waals surface area contributed by atoms with Crippen LogP contribution in [0.3, 0.4) is 0 Å². The lowest BCUT2D eigenvalue weighted by atomic mass is 10.3. The molecule has 1 rings (SSSR count). The quantitative estimate of drug-likeness (QED) is 0.593. The van der Waals surface area contributed by atoms with E-state index in [2.05, 4.69) is 22.0 Å². The van der Waals surface area contributed by atoms with Crippen LogP contribution in [0, 0.1) is 11.8 Å². The molecule has 1 heterocycles. The van der Waals surface area contributed by atoms with Gasteiger partial charge in [-0.05, 0) is 12.0 Å². The van der Waals surface area contributed by atoms with Crippen LogP contribution in [0.15, 0.2) is 16.9 Å². The molecule has 15 heavy (non-hydrogen) atoms. The molecule has 0 aromatic carbocycles. The molecule has 1 aromatic heterocycles. The minimum absolute atomic E-state index is 0.0963. The van der Waals surface area contributed by atoms with Crippen molar-refractivity contribution in [3.63, 3.8) is 0 Å². The first-order valence-corrected chi connectivity index (χ1v) is 5.35. The molecule has 0 aliphatic carbocycles. The minimum atomic E-state index is -0.243. The second-order valence-corrected chi connectivity index (χ2v) is 3.97. The fourth-order valence-electron chi connectivity index (χ4n) is 0.813. The molecule has 0 amide bonds. The summed E-state index contributed by atoms with van der Waals surface area (Å²) in [4.78, 5) is 21.2. The zero-order chi connectivity index (χ0) is 11.1. The molecule has 0 bridgehead atoms. The minimum Gasteiger partial charge on any atom is -0.288 e. The molecular formula is C10H10N2O2S. The highest BCUT2D eigenvalue weighted by Crippen LogP contribution is 2.01. The Morgan fingerprint density at radius 2 is 2.40 bits per heavy atom.